The number of anilines is 4. The first-order valence-electron chi connectivity index (χ1n) is 22.3. The summed E-state index contributed by atoms with van der Waals surface area (Å²) in [6.07, 6.45) is 13.1. The molecule has 13 nitrogen and oxygen atoms in total. The number of aryl methyl sites for hydroxylation is 1. The van der Waals surface area contributed by atoms with Gasteiger partial charge in [0.05, 0.1) is 10.1 Å². The molecule has 1 spiro atoms. The van der Waals surface area contributed by atoms with Crippen molar-refractivity contribution in [3.05, 3.63) is 75.2 Å². The molecule has 3 aliphatic heterocycles. The van der Waals surface area contributed by atoms with Gasteiger partial charge in [-0.25, -0.2) is 13.4 Å². The second-order valence-electron chi connectivity index (χ2n) is 18.3. The standard InChI is InChI=1S/C46H57ClN8O5S/c1-3-35-38(49-39-13-14-41(56)51-43(39)57)9-6-10-40(35)54-19-15-30(16-20-54)28-53-21-17-46(18-22-53)25-34(26-46)61(59,60)33-11-12-37(29(2)23-33)50-45-48-27-31-24-36(47)44(58)55(42(31)52-45)32-7-4-5-8-32/h6,9-12,23-24,27,30,32,34,39,49H,3-5,7-8,13-22,25-26,28H2,1-2H3,(H,48,50,52)(H,51,56,57). The van der Waals surface area contributed by atoms with Crippen molar-refractivity contribution in [2.75, 3.05) is 48.3 Å². The molecule has 2 aliphatic carbocycles. The molecule has 4 aromatic rings. The van der Waals surface area contributed by atoms with Crippen LogP contribution in [0.15, 0.2) is 58.4 Å². The van der Waals surface area contributed by atoms with E-state index in [4.69, 9.17) is 16.6 Å². The van der Waals surface area contributed by atoms with Gasteiger partial charge in [-0.1, -0.05) is 37.4 Å². The van der Waals surface area contributed by atoms with Crippen LogP contribution in [0.1, 0.15) is 101 Å². The number of amides is 2. The van der Waals surface area contributed by atoms with Gasteiger partial charge in [0, 0.05) is 60.7 Å². The summed E-state index contributed by atoms with van der Waals surface area (Å²) >= 11 is 6.31. The Morgan fingerprint density at radius 2 is 1.69 bits per heavy atom. The first-order chi connectivity index (χ1) is 29.4. The summed E-state index contributed by atoms with van der Waals surface area (Å²) in [5.41, 5.74) is 5.32. The number of nitrogens with one attached hydrogen (secondary N) is 3. The highest BCUT2D eigenvalue weighted by Gasteiger charge is 2.51. The van der Waals surface area contributed by atoms with E-state index in [1.54, 1.807) is 35.0 Å². The van der Waals surface area contributed by atoms with Crippen LogP contribution in [0, 0.1) is 18.3 Å². The minimum Gasteiger partial charge on any atom is -0.373 e. The van der Waals surface area contributed by atoms with Crippen molar-refractivity contribution in [2.24, 2.45) is 11.3 Å². The molecule has 2 aromatic carbocycles. The Bertz CT molecular complexity index is 2500. The highest BCUT2D eigenvalue weighted by molar-refractivity contribution is 7.92. The quantitative estimate of drug-likeness (QED) is 0.130. The first kappa shape index (κ1) is 41.8. The summed E-state index contributed by atoms with van der Waals surface area (Å²) in [5, 5.41) is 9.65. The molecule has 2 aromatic heterocycles. The van der Waals surface area contributed by atoms with Gasteiger partial charge in [-0.05, 0) is 143 Å². The molecule has 61 heavy (non-hydrogen) atoms. The number of likely N-dealkylation sites (tertiary alicyclic amines) is 1. The lowest BCUT2D eigenvalue weighted by Crippen LogP contribution is -2.52. The monoisotopic (exact) mass is 868 g/mol. The minimum absolute atomic E-state index is 0.0568. The zero-order valence-electron chi connectivity index (χ0n) is 35.2. The van der Waals surface area contributed by atoms with Gasteiger partial charge < -0.3 is 20.4 Å². The molecular formula is C46H57ClN8O5S. The number of aromatic nitrogens is 3. The van der Waals surface area contributed by atoms with Crippen LogP contribution >= 0.6 is 11.6 Å². The van der Waals surface area contributed by atoms with Crippen LogP contribution in [0.5, 0.6) is 0 Å². The molecule has 5 fully saturated rings. The van der Waals surface area contributed by atoms with Gasteiger partial charge >= 0.3 is 0 Å². The van der Waals surface area contributed by atoms with E-state index in [1.165, 1.54) is 11.3 Å². The molecule has 0 bridgehead atoms. The van der Waals surface area contributed by atoms with Crippen molar-refractivity contribution < 1.29 is 18.0 Å². The zero-order chi connectivity index (χ0) is 42.5. The number of imide groups is 1. The molecule has 1 atom stereocenters. The maximum absolute atomic E-state index is 13.9. The van der Waals surface area contributed by atoms with Crippen LogP contribution in [0.2, 0.25) is 5.02 Å². The number of hydrogen-bond acceptors (Lipinski definition) is 11. The predicted octanol–water partition coefficient (Wildman–Crippen LogP) is 7.33. The molecule has 15 heteroatoms. The van der Waals surface area contributed by atoms with Crippen LogP contribution in [0.25, 0.3) is 11.0 Å². The fourth-order valence-corrected chi connectivity index (χ4v) is 13.1. The topological polar surface area (TPSA) is 159 Å². The van der Waals surface area contributed by atoms with E-state index in [0.29, 0.717) is 46.3 Å². The molecular weight excluding hydrogens is 812 g/mol. The third kappa shape index (κ3) is 8.39. The molecule has 324 valence electrons. The lowest BCUT2D eigenvalue weighted by atomic mass is 9.63. The Morgan fingerprint density at radius 1 is 0.934 bits per heavy atom. The number of carbonyl (C=O) groups excluding carboxylic acids is 2. The Labute approximate surface area is 363 Å². The summed E-state index contributed by atoms with van der Waals surface area (Å²) < 4.78 is 29.6. The van der Waals surface area contributed by atoms with Crippen molar-refractivity contribution in [3.63, 3.8) is 0 Å². The van der Waals surface area contributed by atoms with E-state index in [2.05, 4.69) is 49.8 Å². The molecule has 2 amide bonds. The summed E-state index contributed by atoms with van der Waals surface area (Å²) in [4.78, 5) is 51.9. The zero-order valence-corrected chi connectivity index (χ0v) is 36.8. The van der Waals surface area contributed by atoms with Crippen LogP contribution < -0.4 is 26.4 Å². The van der Waals surface area contributed by atoms with Crippen LogP contribution in [0.4, 0.5) is 23.0 Å². The molecule has 5 aliphatic rings. The van der Waals surface area contributed by atoms with Crippen molar-refractivity contribution in [1.82, 2.24) is 24.8 Å². The number of rotatable bonds is 11. The highest BCUT2D eigenvalue weighted by Crippen LogP contribution is 2.53. The Kier molecular flexibility index (Phi) is 11.6. The van der Waals surface area contributed by atoms with Crippen LogP contribution in [0.3, 0.4) is 0 Å². The molecule has 2 saturated carbocycles. The van der Waals surface area contributed by atoms with Crippen molar-refractivity contribution in [1.29, 1.82) is 0 Å². The first-order valence-corrected chi connectivity index (χ1v) is 24.2. The van der Waals surface area contributed by atoms with Gasteiger partial charge in [0.1, 0.15) is 16.7 Å². The lowest BCUT2D eigenvalue weighted by molar-refractivity contribution is -0.133. The maximum Gasteiger partial charge on any atom is 0.271 e. The van der Waals surface area contributed by atoms with Gasteiger partial charge in [0.15, 0.2) is 9.84 Å². The van der Waals surface area contributed by atoms with Crippen molar-refractivity contribution in [2.45, 2.75) is 120 Å². The number of halogens is 1. The van der Waals surface area contributed by atoms with E-state index in [1.807, 2.05) is 13.0 Å². The third-order valence-electron chi connectivity index (χ3n) is 14.4. The molecule has 0 radical (unpaired) electrons. The van der Waals surface area contributed by atoms with Gasteiger partial charge in [-0.3, -0.25) is 24.3 Å². The number of pyridine rings is 1. The molecule has 9 rings (SSSR count). The number of piperidine rings is 3. The summed E-state index contributed by atoms with van der Waals surface area (Å²) in [6, 6.07) is 12.8. The number of nitrogens with zero attached hydrogens (tertiary/aromatic N) is 5. The molecule has 5 heterocycles. The van der Waals surface area contributed by atoms with Gasteiger partial charge in [-0.15, -0.1) is 0 Å². The number of fused-ring (bicyclic) bond motifs is 1. The summed E-state index contributed by atoms with van der Waals surface area (Å²) in [6.45, 7) is 9.14. The Morgan fingerprint density at radius 3 is 2.39 bits per heavy atom. The molecule has 1 unspecified atom stereocenters. The van der Waals surface area contributed by atoms with E-state index in [9.17, 15) is 22.8 Å². The number of benzene rings is 2. The van der Waals surface area contributed by atoms with E-state index in [-0.39, 0.29) is 39.1 Å². The predicted molar refractivity (Wildman–Crippen MR) is 240 cm³/mol. The fourth-order valence-electron chi connectivity index (χ4n) is 10.8. The third-order valence-corrected chi connectivity index (χ3v) is 16.8. The molecule has 3 saturated heterocycles. The highest BCUT2D eigenvalue weighted by atomic mass is 35.5. The second-order valence-corrected chi connectivity index (χ2v) is 20.9. The Balaban J connectivity index is 0.764. The summed E-state index contributed by atoms with van der Waals surface area (Å²) in [5.74, 6) is 0.507. The maximum atomic E-state index is 13.9. The second kappa shape index (κ2) is 17.0. The van der Waals surface area contributed by atoms with E-state index >= 15 is 0 Å². The smallest absolute Gasteiger partial charge is 0.271 e. The SMILES string of the molecule is CCc1c(NC2CCC(=O)NC2=O)cccc1N1CCC(CN2CCC3(CC2)CC(S(=O)(=O)c2ccc(Nc4ncc5cc(Cl)c(=O)n(C6CCCC6)c5n4)c(C)c2)C3)CC1. The average Bonchev–Trinajstić information content (AvgIpc) is 3.77. The largest absolute Gasteiger partial charge is 0.373 e. The van der Waals surface area contributed by atoms with Crippen LogP contribution in [-0.2, 0) is 25.8 Å². The van der Waals surface area contributed by atoms with Crippen LogP contribution in [-0.4, -0.2) is 83.7 Å². The van der Waals surface area contributed by atoms with E-state index in [0.717, 1.165) is 115 Å². The molecule has 3 N–H and O–H groups in total. The minimum atomic E-state index is -3.49. The number of hydrogen-bond donors (Lipinski definition) is 3. The van der Waals surface area contributed by atoms with E-state index < -0.39 is 15.9 Å². The van der Waals surface area contributed by atoms with Gasteiger partial charge in [-0.2, -0.15) is 4.98 Å². The fraction of sp³-hybridized carbons (Fsp3) is 0.543. The number of sulfone groups is 1. The average molecular weight is 870 g/mol. The normalized spacial score (nSPS) is 21.8. The van der Waals surface area contributed by atoms with Gasteiger partial charge in [0.25, 0.3) is 5.56 Å². The Hall–Kier alpha value is -4.53. The van der Waals surface area contributed by atoms with Gasteiger partial charge in [0.2, 0.25) is 17.8 Å². The van der Waals surface area contributed by atoms with Crippen molar-refractivity contribution >= 4 is 67.3 Å². The summed E-state index contributed by atoms with van der Waals surface area (Å²) in [7, 11) is -3.49. The van der Waals surface area contributed by atoms with Crippen molar-refractivity contribution in [3.8, 4) is 0 Å². The lowest BCUT2D eigenvalue weighted by Gasteiger charge is -2.52. The number of carbonyl (C=O) groups is 2.